The Morgan fingerprint density at radius 3 is 2.24 bits per heavy atom. The number of azo groups is 1. The average molecular weight is 440 g/mol. The number of rotatable bonds is 6. The first-order valence-electron chi connectivity index (χ1n) is 10.1. The van der Waals surface area contributed by atoms with E-state index in [0.29, 0.717) is 34.2 Å². The van der Waals surface area contributed by atoms with Gasteiger partial charge in [-0.2, -0.15) is 5.11 Å². The summed E-state index contributed by atoms with van der Waals surface area (Å²) in [7, 11) is 3.24. The predicted molar refractivity (Wildman–Crippen MR) is 124 cm³/mol. The summed E-state index contributed by atoms with van der Waals surface area (Å²) in [5, 5.41) is 13.1. The molecule has 0 saturated heterocycles. The van der Waals surface area contributed by atoms with Crippen molar-refractivity contribution in [2.45, 2.75) is 0 Å². The zero-order valence-corrected chi connectivity index (χ0v) is 18.0. The van der Waals surface area contributed by atoms with Gasteiger partial charge in [0.25, 0.3) is 0 Å². The highest BCUT2D eigenvalue weighted by molar-refractivity contribution is 5.80. The van der Waals surface area contributed by atoms with E-state index in [2.05, 4.69) is 15.3 Å². The molecular weight excluding hydrogens is 420 g/mol. The second kappa shape index (κ2) is 8.46. The van der Waals surface area contributed by atoms with E-state index in [1.165, 1.54) is 0 Å². The lowest BCUT2D eigenvalue weighted by molar-refractivity contribution is 0.414. The number of hydrogen-bond acceptors (Lipinski definition) is 8. The predicted octanol–water partition coefficient (Wildman–Crippen LogP) is 5.67. The molecule has 2 N–H and O–H groups in total. The van der Waals surface area contributed by atoms with Gasteiger partial charge in [0.15, 0.2) is 22.9 Å². The molecule has 3 heterocycles. The van der Waals surface area contributed by atoms with Crippen molar-refractivity contribution in [2.24, 2.45) is 10.2 Å². The van der Waals surface area contributed by atoms with Crippen LogP contribution in [0.5, 0.6) is 11.5 Å². The van der Waals surface area contributed by atoms with Gasteiger partial charge < -0.3 is 19.6 Å². The number of furan rings is 1. The number of benzene rings is 2. The zero-order chi connectivity index (χ0) is 22.8. The highest BCUT2D eigenvalue weighted by Crippen LogP contribution is 2.34. The first-order valence-corrected chi connectivity index (χ1v) is 10.1. The maximum atomic E-state index is 6.22. The number of hydrogen-bond donors (Lipinski definition) is 1. The molecule has 0 amide bonds. The second-order valence-corrected chi connectivity index (χ2v) is 7.10. The quantitative estimate of drug-likeness (QED) is 0.340. The van der Waals surface area contributed by atoms with Gasteiger partial charge >= 0.3 is 0 Å². The van der Waals surface area contributed by atoms with Crippen LogP contribution in [0.4, 0.5) is 17.2 Å². The molecular formula is C24H20N6O3. The molecule has 3 aromatic heterocycles. The number of nitrogen functional groups attached to an aromatic ring is 1. The third-order valence-electron chi connectivity index (χ3n) is 5.09. The number of fused-ring (bicyclic) bond motifs is 1. The Kier molecular flexibility index (Phi) is 5.19. The fourth-order valence-electron chi connectivity index (χ4n) is 3.38. The highest BCUT2D eigenvalue weighted by Gasteiger charge is 2.19. The molecule has 0 aliphatic rings. The van der Waals surface area contributed by atoms with E-state index in [0.717, 1.165) is 17.1 Å². The summed E-state index contributed by atoms with van der Waals surface area (Å²) in [5.41, 5.74) is 9.98. The summed E-state index contributed by atoms with van der Waals surface area (Å²) >= 11 is 0. The van der Waals surface area contributed by atoms with E-state index in [1.807, 2.05) is 54.6 Å². The Hall–Kier alpha value is -4.66. The number of aromatic nitrogens is 3. The van der Waals surface area contributed by atoms with Crippen LogP contribution in [0.1, 0.15) is 0 Å². The van der Waals surface area contributed by atoms with Crippen molar-refractivity contribution in [3.8, 4) is 34.2 Å². The summed E-state index contributed by atoms with van der Waals surface area (Å²) in [6.45, 7) is 0. The van der Waals surface area contributed by atoms with E-state index in [4.69, 9.17) is 24.6 Å². The van der Waals surface area contributed by atoms with Gasteiger partial charge in [0.1, 0.15) is 17.2 Å². The Balaban J connectivity index is 1.65. The summed E-state index contributed by atoms with van der Waals surface area (Å²) in [6, 6.07) is 20.4. The smallest absolute Gasteiger partial charge is 0.186 e. The molecule has 0 fully saturated rings. The standard InChI is InChI=1S/C24H20N6O3/c1-31-17-9-5-15(6-10-17)19-14-20(21-4-3-13-33-21)30-24(26-19)22(23(25)29-30)28-27-16-7-11-18(32-2)12-8-16/h3-14H,1-2H3,(H2,25,29). The number of nitrogens with zero attached hydrogens (tertiary/aromatic N) is 5. The Labute approximate surface area is 189 Å². The normalized spacial score (nSPS) is 11.3. The summed E-state index contributed by atoms with van der Waals surface area (Å²) in [4.78, 5) is 4.80. The summed E-state index contributed by atoms with van der Waals surface area (Å²) in [5.74, 6) is 2.32. The maximum absolute atomic E-state index is 6.22. The number of ether oxygens (including phenoxy) is 2. The minimum absolute atomic E-state index is 0.208. The molecule has 5 aromatic rings. The molecule has 9 nitrogen and oxygen atoms in total. The highest BCUT2D eigenvalue weighted by atomic mass is 16.5. The van der Waals surface area contributed by atoms with Gasteiger partial charge in [-0.15, -0.1) is 10.2 Å². The lowest BCUT2D eigenvalue weighted by atomic mass is 10.1. The Bertz CT molecular complexity index is 1420. The van der Waals surface area contributed by atoms with E-state index < -0.39 is 0 Å². The lowest BCUT2D eigenvalue weighted by Crippen LogP contribution is -1.98. The molecule has 164 valence electrons. The lowest BCUT2D eigenvalue weighted by Gasteiger charge is -2.07. The summed E-state index contributed by atoms with van der Waals surface area (Å²) in [6.07, 6.45) is 1.60. The van der Waals surface area contributed by atoms with Crippen LogP contribution in [-0.2, 0) is 0 Å². The van der Waals surface area contributed by atoms with E-state index in [1.54, 1.807) is 37.1 Å². The van der Waals surface area contributed by atoms with Crippen LogP contribution >= 0.6 is 0 Å². The van der Waals surface area contributed by atoms with Gasteiger partial charge in [-0.3, -0.25) is 0 Å². The van der Waals surface area contributed by atoms with Crippen LogP contribution in [0.25, 0.3) is 28.4 Å². The Morgan fingerprint density at radius 1 is 0.909 bits per heavy atom. The van der Waals surface area contributed by atoms with Gasteiger partial charge in [0, 0.05) is 5.56 Å². The van der Waals surface area contributed by atoms with Crippen molar-refractivity contribution in [1.82, 2.24) is 14.6 Å². The fraction of sp³-hybridized carbons (Fsp3) is 0.0833. The molecule has 0 unspecified atom stereocenters. The van der Waals surface area contributed by atoms with Gasteiger partial charge in [-0.05, 0) is 66.7 Å². The van der Waals surface area contributed by atoms with Crippen LogP contribution in [0.15, 0.2) is 87.6 Å². The fourth-order valence-corrected chi connectivity index (χ4v) is 3.38. The number of anilines is 1. The largest absolute Gasteiger partial charge is 0.497 e. The van der Waals surface area contributed by atoms with Crippen molar-refractivity contribution in [1.29, 1.82) is 0 Å². The SMILES string of the molecule is COc1ccc(N=Nc2c(N)nn3c(-c4ccco4)cc(-c4ccc(OC)cc4)nc23)cc1. The van der Waals surface area contributed by atoms with E-state index >= 15 is 0 Å². The molecule has 0 spiro atoms. The molecule has 0 saturated carbocycles. The molecule has 2 aromatic carbocycles. The van der Waals surface area contributed by atoms with E-state index in [-0.39, 0.29) is 5.82 Å². The van der Waals surface area contributed by atoms with Crippen LogP contribution < -0.4 is 15.2 Å². The molecule has 0 aliphatic heterocycles. The number of methoxy groups -OCH3 is 2. The third kappa shape index (κ3) is 3.87. The monoisotopic (exact) mass is 440 g/mol. The minimum Gasteiger partial charge on any atom is -0.497 e. The second-order valence-electron chi connectivity index (χ2n) is 7.10. The molecule has 0 aliphatic carbocycles. The first kappa shape index (κ1) is 20.3. The van der Waals surface area contributed by atoms with Crippen LogP contribution in [-0.4, -0.2) is 28.8 Å². The van der Waals surface area contributed by atoms with Gasteiger partial charge in [-0.1, -0.05) is 0 Å². The summed E-state index contributed by atoms with van der Waals surface area (Å²) < 4.78 is 17.7. The van der Waals surface area contributed by atoms with Crippen LogP contribution in [0.3, 0.4) is 0 Å². The number of nitrogens with two attached hydrogens (primary N) is 1. The van der Waals surface area contributed by atoms with Gasteiger partial charge in [0.05, 0.1) is 31.9 Å². The van der Waals surface area contributed by atoms with Gasteiger partial charge in [0.2, 0.25) is 0 Å². The maximum Gasteiger partial charge on any atom is 0.186 e. The minimum atomic E-state index is 0.208. The van der Waals surface area contributed by atoms with Gasteiger partial charge in [-0.25, -0.2) is 9.50 Å². The van der Waals surface area contributed by atoms with Crippen LogP contribution in [0, 0.1) is 0 Å². The Morgan fingerprint density at radius 2 is 1.61 bits per heavy atom. The molecule has 5 rings (SSSR count). The van der Waals surface area contributed by atoms with Crippen molar-refractivity contribution in [3.05, 3.63) is 73.0 Å². The van der Waals surface area contributed by atoms with Crippen molar-refractivity contribution in [2.75, 3.05) is 20.0 Å². The topological polar surface area (TPSA) is 113 Å². The van der Waals surface area contributed by atoms with Crippen molar-refractivity contribution < 1.29 is 13.9 Å². The van der Waals surface area contributed by atoms with E-state index in [9.17, 15) is 0 Å². The van der Waals surface area contributed by atoms with Crippen LogP contribution in [0.2, 0.25) is 0 Å². The van der Waals surface area contributed by atoms with Crippen molar-refractivity contribution in [3.63, 3.8) is 0 Å². The first-order chi connectivity index (χ1) is 16.2. The molecule has 33 heavy (non-hydrogen) atoms. The molecule has 0 bridgehead atoms. The zero-order valence-electron chi connectivity index (χ0n) is 18.0. The van der Waals surface area contributed by atoms with Crippen molar-refractivity contribution >= 4 is 22.8 Å². The third-order valence-corrected chi connectivity index (χ3v) is 5.09. The molecule has 0 atom stereocenters. The average Bonchev–Trinajstić information content (AvgIpc) is 3.50. The molecule has 9 heteroatoms. The molecule has 0 radical (unpaired) electrons.